The second kappa shape index (κ2) is 4.92. The largest absolute Gasteiger partial charge is 0.387 e. The van der Waals surface area contributed by atoms with Crippen molar-refractivity contribution in [2.75, 3.05) is 0 Å². The molecule has 0 radical (unpaired) electrons. The summed E-state index contributed by atoms with van der Waals surface area (Å²) >= 11 is 0. The van der Waals surface area contributed by atoms with Crippen molar-refractivity contribution in [1.29, 1.82) is 0 Å². The van der Waals surface area contributed by atoms with Crippen LogP contribution < -0.4 is 0 Å². The average Bonchev–Trinajstić information content (AvgIpc) is 2.28. The average molecular weight is 260 g/mol. The lowest BCUT2D eigenvalue weighted by Gasteiger charge is -2.27. The Morgan fingerprint density at radius 1 is 1.22 bits per heavy atom. The highest BCUT2D eigenvalue weighted by molar-refractivity contribution is 5.34. The smallest absolute Gasteiger partial charge is 0.301 e. The van der Waals surface area contributed by atoms with Gasteiger partial charge in [-0.25, -0.2) is 4.39 Å². The highest BCUT2D eigenvalue weighted by Gasteiger charge is 2.41. The molecule has 1 rings (SSSR count). The van der Waals surface area contributed by atoms with Crippen LogP contribution in [-0.4, -0.2) is 11.2 Å². The maximum Gasteiger partial charge on any atom is 0.301 e. The van der Waals surface area contributed by atoms with Gasteiger partial charge in [0, 0.05) is 0 Å². The molecular formula is C14H19F3O. The molecule has 0 aliphatic rings. The number of aliphatic hydroxyl groups is 1. The van der Waals surface area contributed by atoms with Crippen LogP contribution in [0.2, 0.25) is 0 Å². The van der Waals surface area contributed by atoms with Gasteiger partial charge in [0.25, 0.3) is 0 Å². The van der Waals surface area contributed by atoms with E-state index in [2.05, 4.69) is 0 Å². The lowest BCUT2D eigenvalue weighted by atomic mass is 9.80. The molecule has 1 aromatic carbocycles. The maximum atomic E-state index is 14.2. The number of benzene rings is 1. The fourth-order valence-corrected chi connectivity index (χ4v) is 1.73. The molecule has 1 aromatic rings. The first kappa shape index (κ1) is 15.0. The van der Waals surface area contributed by atoms with Gasteiger partial charge in [-0.2, -0.15) is 8.78 Å². The van der Waals surface area contributed by atoms with E-state index in [0.717, 1.165) is 13.0 Å². The molecule has 0 aliphatic heterocycles. The van der Waals surface area contributed by atoms with E-state index in [-0.39, 0.29) is 5.56 Å². The first-order valence-electron chi connectivity index (χ1n) is 6.00. The summed E-state index contributed by atoms with van der Waals surface area (Å²) in [4.78, 5) is 0. The van der Waals surface area contributed by atoms with E-state index in [4.69, 9.17) is 5.11 Å². The normalized spacial score (nSPS) is 14.7. The molecule has 18 heavy (non-hydrogen) atoms. The third-order valence-corrected chi connectivity index (χ3v) is 3.50. The van der Waals surface area contributed by atoms with E-state index in [1.54, 1.807) is 13.8 Å². The van der Waals surface area contributed by atoms with Gasteiger partial charge >= 0.3 is 5.92 Å². The summed E-state index contributed by atoms with van der Waals surface area (Å²) in [6, 6.07) is 3.94. The second-order valence-corrected chi connectivity index (χ2v) is 5.20. The van der Waals surface area contributed by atoms with Crippen LogP contribution in [0.3, 0.4) is 0 Å². The summed E-state index contributed by atoms with van der Waals surface area (Å²) < 4.78 is 41.7. The molecule has 0 saturated heterocycles. The van der Waals surface area contributed by atoms with E-state index in [0.29, 0.717) is 6.42 Å². The summed E-state index contributed by atoms with van der Waals surface area (Å²) in [5.41, 5.74) is -1.01. The van der Waals surface area contributed by atoms with Crippen molar-refractivity contribution in [2.24, 2.45) is 0 Å². The van der Waals surface area contributed by atoms with Gasteiger partial charge in [-0.05, 0) is 30.4 Å². The number of halogens is 3. The number of hydrogen-bond donors (Lipinski definition) is 1. The highest BCUT2D eigenvalue weighted by Crippen LogP contribution is 2.38. The molecule has 0 saturated carbocycles. The van der Waals surface area contributed by atoms with Crippen LogP contribution in [0, 0.1) is 5.82 Å². The number of rotatable bonds is 4. The van der Waals surface area contributed by atoms with Crippen LogP contribution in [0.25, 0.3) is 0 Å². The van der Waals surface area contributed by atoms with Gasteiger partial charge in [-0.1, -0.05) is 32.9 Å². The van der Waals surface area contributed by atoms with Gasteiger partial charge in [-0.3, -0.25) is 0 Å². The Balaban J connectivity index is 3.39. The van der Waals surface area contributed by atoms with E-state index in [9.17, 15) is 13.2 Å². The third kappa shape index (κ3) is 2.53. The Bertz CT molecular complexity index is 425. The van der Waals surface area contributed by atoms with Gasteiger partial charge < -0.3 is 5.11 Å². The van der Waals surface area contributed by atoms with E-state index >= 15 is 0 Å². The van der Waals surface area contributed by atoms with Crippen LogP contribution in [0.15, 0.2) is 18.2 Å². The Labute approximate surface area is 106 Å². The zero-order valence-electron chi connectivity index (χ0n) is 11.1. The summed E-state index contributed by atoms with van der Waals surface area (Å²) in [7, 11) is 0. The molecule has 0 spiro atoms. The summed E-state index contributed by atoms with van der Waals surface area (Å²) in [6.45, 7) is 6.43. The number of hydrogen-bond acceptors (Lipinski definition) is 1. The zero-order valence-corrected chi connectivity index (χ0v) is 11.1. The van der Waals surface area contributed by atoms with Gasteiger partial charge in [0.15, 0.2) is 0 Å². The topological polar surface area (TPSA) is 20.2 Å². The van der Waals surface area contributed by atoms with Crippen molar-refractivity contribution in [3.8, 4) is 0 Å². The lowest BCUT2D eigenvalue weighted by molar-refractivity contribution is -0.108. The monoisotopic (exact) mass is 260 g/mol. The van der Waals surface area contributed by atoms with Crippen molar-refractivity contribution in [3.63, 3.8) is 0 Å². The van der Waals surface area contributed by atoms with Gasteiger partial charge in [-0.15, -0.1) is 0 Å². The molecule has 0 aromatic heterocycles. The zero-order chi connectivity index (χ0) is 14.1. The molecule has 0 bridgehead atoms. The molecular weight excluding hydrogens is 241 g/mol. The Kier molecular flexibility index (Phi) is 4.11. The number of aliphatic hydroxyl groups excluding tert-OH is 1. The Morgan fingerprint density at radius 2 is 1.72 bits per heavy atom. The molecule has 0 amide bonds. The predicted molar refractivity (Wildman–Crippen MR) is 65.3 cm³/mol. The van der Waals surface area contributed by atoms with Crippen molar-refractivity contribution >= 4 is 0 Å². The highest BCUT2D eigenvalue weighted by atomic mass is 19.3. The molecule has 0 fully saturated rings. The molecule has 0 unspecified atom stereocenters. The van der Waals surface area contributed by atoms with Crippen molar-refractivity contribution in [1.82, 2.24) is 0 Å². The van der Waals surface area contributed by atoms with Crippen LogP contribution in [0.4, 0.5) is 13.2 Å². The molecule has 4 heteroatoms. The molecule has 1 N–H and O–H groups in total. The fraction of sp³-hybridized carbons (Fsp3) is 0.571. The molecule has 0 heterocycles. The van der Waals surface area contributed by atoms with E-state index in [1.807, 2.05) is 6.92 Å². The minimum absolute atomic E-state index is 0.253. The SMILES string of the molecule is CCC(C)(C)c1cccc(C(F)(F)[C@@H](C)O)c1F. The van der Waals surface area contributed by atoms with Crippen molar-refractivity contribution < 1.29 is 18.3 Å². The molecule has 102 valence electrons. The quantitative estimate of drug-likeness (QED) is 0.868. The van der Waals surface area contributed by atoms with Gasteiger partial charge in [0.2, 0.25) is 0 Å². The van der Waals surface area contributed by atoms with Crippen LogP contribution >= 0.6 is 0 Å². The van der Waals surface area contributed by atoms with Gasteiger partial charge in [0.05, 0.1) is 5.56 Å². The summed E-state index contributed by atoms with van der Waals surface area (Å²) in [6.07, 6.45) is -1.29. The molecule has 0 aliphatic carbocycles. The fourth-order valence-electron chi connectivity index (χ4n) is 1.73. The minimum Gasteiger partial charge on any atom is -0.387 e. The summed E-state index contributed by atoms with van der Waals surface area (Å²) in [5, 5.41) is 9.09. The van der Waals surface area contributed by atoms with E-state index in [1.165, 1.54) is 12.1 Å². The van der Waals surface area contributed by atoms with Crippen molar-refractivity contribution in [3.05, 3.63) is 35.1 Å². The van der Waals surface area contributed by atoms with Crippen LogP contribution in [0.1, 0.15) is 45.2 Å². The first-order valence-corrected chi connectivity index (χ1v) is 6.00. The molecule has 1 atom stereocenters. The third-order valence-electron chi connectivity index (χ3n) is 3.50. The Hall–Kier alpha value is -1.03. The predicted octanol–water partition coefficient (Wildman–Crippen LogP) is 3.99. The minimum atomic E-state index is -3.58. The van der Waals surface area contributed by atoms with Gasteiger partial charge in [0.1, 0.15) is 11.9 Å². The van der Waals surface area contributed by atoms with E-state index < -0.39 is 28.8 Å². The van der Waals surface area contributed by atoms with Crippen LogP contribution in [0.5, 0.6) is 0 Å². The van der Waals surface area contributed by atoms with Crippen LogP contribution in [-0.2, 0) is 11.3 Å². The van der Waals surface area contributed by atoms with Crippen molar-refractivity contribution in [2.45, 2.75) is 51.6 Å². The number of alkyl halides is 2. The Morgan fingerprint density at radius 3 is 2.17 bits per heavy atom. The lowest BCUT2D eigenvalue weighted by Crippen LogP contribution is -2.30. The first-order chi connectivity index (χ1) is 8.14. The summed E-state index contributed by atoms with van der Waals surface area (Å²) in [5.74, 6) is -4.50. The molecule has 1 nitrogen and oxygen atoms in total. The standard InChI is InChI=1S/C14H19F3O/c1-5-13(3,4)10-7-6-8-11(12(10)15)14(16,17)9(2)18/h6-9,18H,5H2,1-4H3/t9-/m1/s1. The maximum absolute atomic E-state index is 14.2. The second-order valence-electron chi connectivity index (χ2n) is 5.20.